The lowest BCUT2D eigenvalue weighted by Crippen LogP contribution is -1.92. The minimum absolute atomic E-state index is 1.21. The van der Waals surface area contributed by atoms with Gasteiger partial charge in [-0.3, -0.25) is 0 Å². The van der Waals surface area contributed by atoms with Crippen molar-refractivity contribution >= 4 is 43.1 Å². The predicted molar refractivity (Wildman–Crippen MR) is 224 cm³/mol. The smallest absolute Gasteiger partial charge is 0.00201 e. The van der Waals surface area contributed by atoms with Gasteiger partial charge in [-0.25, -0.2) is 0 Å². The van der Waals surface area contributed by atoms with Gasteiger partial charge in [0.25, 0.3) is 0 Å². The second-order valence-corrected chi connectivity index (χ2v) is 13.6. The maximum atomic E-state index is 2.40. The molecule has 10 rings (SSSR count). The number of fused-ring (bicyclic) bond motifs is 4. The molecule has 0 heteroatoms. The first kappa shape index (κ1) is 30.1. The molecule has 10 aromatic carbocycles. The van der Waals surface area contributed by atoms with E-state index >= 15 is 0 Å². The molecule has 0 aromatic heterocycles. The Bertz CT molecular complexity index is 2820. The number of hydrogen-bond acceptors (Lipinski definition) is 0. The Morgan fingerprint density at radius 1 is 0.192 bits per heavy atom. The summed E-state index contributed by atoms with van der Waals surface area (Å²) in [5.41, 5.74) is 12.4. The highest BCUT2D eigenvalue weighted by molar-refractivity contribution is 6.23. The van der Waals surface area contributed by atoms with E-state index in [-0.39, 0.29) is 0 Å². The molecule has 0 N–H and O–H groups in total. The first-order valence-corrected chi connectivity index (χ1v) is 18.0. The van der Waals surface area contributed by atoms with Crippen LogP contribution < -0.4 is 0 Å². The van der Waals surface area contributed by atoms with E-state index in [0.717, 1.165) is 0 Å². The largest absolute Gasteiger partial charge is 0.0622 e. The molecule has 10 aromatic rings. The van der Waals surface area contributed by atoms with Crippen LogP contribution in [0.3, 0.4) is 0 Å². The van der Waals surface area contributed by atoms with E-state index in [0.29, 0.717) is 0 Å². The Labute approximate surface area is 303 Å². The van der Waals surface area contributed by atoms with E-state index in [9.17, 15) is 0 Å². The van der Waals surface area contributed by atoms with E-state index in [1.807, 2.05) is 0 Å². The van der Waals surface area contributed by atoms with Crippen LogP contribution in [0, 0.1) is 0 Å². The maximum Gasteiger partial charge on any atom is -0.00201 e. The van der Waals surface area contributed by atoms with Gasteiger partial charge in [0.2, 0.25) is 0 Å². The van der Waals surface area contributed by atoms with E-state index < -0.39 is 0 Å². The molecule has 0 nitrogen and oxygen atoms in total. The van der Waals surface area contributed by atoms with Gasteiger partial charge in [0.05, 0.1) is 0 Å². The monoisotopic (exact) mass is 658 g/mol. The van der Waals surface area contributed by atoms with Crippen molar-refractivity contribution in [2.75, 3.05) is 0 Å². The highest BCUT2D eigenvalue weighted by Crippen LogP contribution is 2.46. The first-order chi connectivity index (χ1) is 25.8. The van der Waals surface area contributed by atoms with Gasteiger partial charge in [-0.15, -0.1) is 0 Å². The zero-order valence-corrected chi connectivity index (χ0v) is 28.6. The molecule has 0 spiro atoms. The van der Waals surface area contributed by atoms with Crippen molar-refractivity contribution in [1.82, 2.24) is 0 Å². The highest BCUT2D eigenvalue weighted by Gasteiger charge is 2.19. The van der Waals surface area contributed by atoms with E-state index in [2.05, 4.69) is 206 Å². The molecule has 0 aliphatic carbocycles. The average Bonchev–Trinajstić information content (AvgIpc) is 3.22. The minimum Gasteiger partial charge on any atom is -0.0622 e. The van der Waals surface area contributed by atoms with Crippen molar-refractivity contribution < 1.29 is 0 Å². The molecule has 52 heavy (non-hydrogen) atoms. The lowest BCUT2D eigenvalue weighted by Gasteiger charge is -2.19. The standard InChI is InChI=1S/C52H34/c1-3-15-37(16-4-1)43-26-14-27-44(38-17-5-2-6-18-38)50(43)39-31-29-35-30-32-40(34-41(35)33-39)51-46-22-9-11-24-48(46)52(49-25-12-10-23-47(49)51)45-28-13-20-36-19-7-8-21-42(36)45/h1-34H. The summed E-state index contributed by atoms with van der Waals surface area (Å²) >= 11 is 0. The summed E-state index contributed by atoms with van der Waals surface area (Å²) in [5, 5.41) is 10.1. The van der Waals surface area contributed by atoms with Crippen molar-refractivity contribution in [1.29, 1.82) is 0 Å². The first-order valence-electron chi connectivity index (χ1n) is 18.0. The third kappa shape index (κ3) is 5.00. The summed E-state index contributed by atoms with van der Waals surface area (Å²) < 4.78 is 0. The molecule has 0 unspecified atom stereocenters. The molecule has 0 bridgehead atoms. The lowest BCUT2D eigenvalue weighted by molar-refractivity contribution is 1.57. The fourth-order valence-corrected chi connectivity index (χ4v) is 8.31. The van der Waals surface area contributed by atoms with Gasteiger partial charge in [0.1, 0.15) is 0 Å². The zero-order valence-electron chi connectivity index (χ0n) is 28.6. The average molecular weight is 659 g/mol. The van der Waals surface area contributed by atoms with Gasteiger partial charge in [-0.1, -0.05) is 194 Å². The van der Waals surface area contributed by atoms with Crippen LogP contribution in [0.1, 0.15) is 0 Å². The molecule has 0 saturated heterocycles. The van der Waals surface area contributed by atoms with Crippen molar-refractivity contribution in [2.24, 2.45) is 0 Å². The Hall–Kier alpha value is -6.76. The van der Waals surface area contributed by atoms with Gasteiger partial charge in [-0.05, 0) is 111 Å². The molecule has 0 aliphatic rings. The SMILES string of the molecule is c1ccc(-c2cccc(-c3ccccc3)c2-c2ccc3ccc(-c4c5ccccc5c(-c5cccc6ccccc56)c5ccccc45)cc3c2)cc1. The summed E-state index contributed by atoms with van der Waals surface area (Å²) in [5.74, 6) is 0. The zero-order chi connectivity index (χ0) is 34.4. The molecule has 242 valence electrons. The Kier molecular flexibility index (Phi) is 7.25. The third-order valence-electron chi connectivity index (χ3n) is 10.6. The highest BCUT2D eigenvalue weighted by atomic mass is 14.2. The number of rotatable bonds is 5. The lowest BCUT2D eigenvalue weighted by atomic mass is 9.84. The van der Waals surface area contributed by atoms with Gasteiger partial charge in [-0.2, -0.15) is 0 Å². The molecule has 0 aliphatic heterocycles. The van der Waals surface area contributed by atoms with Gasteiger partial charge in [0.15, 0.2) is 0 Å². The molecule has 0 saturated carbocycles. The van der Waals surface area contributed by atoms with Gasteiger partial charge >= 0.3 is 0 Å². The molecule has 0 atom stereocenters. The van der Waals surface area contributed by atoms with Crippen LogP contribution in [0.25, 0.3) is 98.7 Å². The fourth-order valence-electron chi connectivity index (χ4n) is 8.31. The van der Waals surface area contributed by atoms with E-state index in [4.69, 9.17) is 0 Å². The van der Waals surface area contributed by atoms with Crippen molar-refractivity contribution in [3.8, 4) is 55.6 Å². The molecular formula is C52H34. The summed E-state index contributed by atoms with van der Waals surface area (Å²) in [6.45, 7) is 0. The minimum atomic E-state index is 1.21. The van der Waals surface area contributed by atoms with Crippen LogP contribution in [-0.4, -0.2) is 0 Å². The van der Waals surface area contributed by atoms with Crippen LogP contribution in [0.5, 0.6) is 0 Å². The van der Waals surface area contributed by atoms with Gasteiger partial charge in [0, 0.05) is 0 Å². The predicted octanol–water partition coefficient (Wildman–Crippen LogP) is 14.6. The topological polar surface area (TPSA) is 0 Å². The molecule has 0 fully saturated rings. The quantitative estimate of drug-likeness (QED) is 0.161. The summed E-state index contributed by atoms with van der Waals surface area (Å²) in [4.78, 5) is 0. The Balaban J connectivity index is 1.22. The van der Waals surface area contributed by atoms with Crippen molar-refractivity contribution in [3.63, 3.8) is 0 Å². The maximum absolute atomic E-state index is 2.40. The van der Waals surface area contributed by atoms with Crippen LogP contribution >= 0.6 is 0 Å². The van der Waals surface area contributed by atoms with Crippen LogP contribution in [-0.2, 0) is 0 Å². The molecular weight excluding hydrogens is 625 g/mol. The normalized spacial score (nSPS) is 11.5. The van der Waals surface area contributed by atoms with Gasteiger partial charge < -0.3 is 0 Å². The summed E-state index contributed by atoms with van der Waals surface area (Å²) in [6.07, 6.45) is 0. The van der Waals surface area contributed by atoms with Crippen LogP contribution in [0.15, 0.2) is 206 Å². The number of benzene rings is 10. The van der Waals surface area contributed by atoms with Crippen LogP contribution in [0.4, 0.5) is 0 Å². The Morgan fingerprint density at radius 2 is 0.615 bits per heavy atom. The molecule has 0 radical (unpaired) electrons. The molecule has 0 heterocycles. The Morgan fingerprint density at radius 3 is 1.19 bits per heavy atom. The second-order valence-electron chi connectivity index (χ2n) is 13.6. The second kappa shape index (κ2) is 12.5. The van der Waals surface area contributed by atoms with E-state index in [1.54, 1.807) is 0 Å². The molecule has 0 amide bonds. The number of hydrogen-bond donors (Lipinski definition) is 0. The van der Waals surface area contributed by atoms with Crippen molar-refractivity contribution in [3.05, 3.63) is 206 Å². The van der Waals surface area contributed by atoms with Crippen molar-refractivity contribution in [2.45, 2.75) is 0 Å². The summed E-state index contributed by atoms with van der Waals surface area (Å²) in [7, 11) is 0. The summed E-state index contributed by atoms with van der Waals surface area (Å²) in [6, 6.07) is 75.5. The fraction of sp³-hybridized carbons (Fsp3) is 0. The van der Waals surface area contributed by atoms with E-state index in [1.165, 1.54) is 98.7 Å². The third-order valence-corrected chi connectivity index (χ3v) is 10.6. The van der Waals surface area contributed by atoms with Crippen LogP contribution in [0.2, 0.25) is 0 Å².